The first-order valence-electron chi connectivity index (χ1n) is 7.84. The molecular formula is C19H23ClN2OS. The van der Waals surface area contributed by atoms with Crippen molar-refractivity contribution in [3.8, 4) is 0 Å². The largest absolute Gasteiger partial charge is 0.348 e. The molecule has 0 aliphatic carbocycles. The van der Waals surface area contributed by atoms with E-state index in [1.54, 1.807) is 11.8 Å². The molecule has 0 aromatic heterocycles. The molecule has 0 heterocycles. The molecular weight excluding hydrogens is 340 g/mol. The summed E-state index contributed by atoms with van der Waals surface area (Å²) >= 11 is 7.72. The molecule has 0 saturated heterocycles. The molecule has 0 radical (unpaired) electrons. The molecule has 0 aliphatic rings. The van der Waals surface area contributed by atoms with Gasteiger partial charge in [-0.3, -0.25) is 9.69 Å². The monoisotopic (exact) mass is 362 g/mol. The minimum Gasteiger partial charge on any atom is -0.348 e. The zero-order chi connectivity index (χ0) is 17.5. The third-order valence-corrected chi connectivity index (χ3v) is 4.73. The van der Waals surface area contributed by atoms with Gasteiger partial charge in [0.1, 0.15) is 0 Å². The average molecular weight is 363 g/mol. The number of hydrogen-bond acceptors (Lipinski definition) is 3. The van der Waals surface area contributed by atoms with Crippen LogP contribution in [0.15, 0.2) is 53.4 Å². The smallest absolute Gasteiger partial charge is 0.234 e. The lowest BCUT2D eigenvalue weighted by atomic mass is 10.1. The molecule has 1 amide bonds. The molecule has 0 aliphatic heterocycles. The van der Waals surface area contributed by atoms with Crippen LogP contribution in [0.3, 0.4) is 0 Å². The van der Waals surface area contributed by atoms with Gasteiger partial charge in [0.2, 0.25) is 5.91 Å². The van der Waals surface area contributed by atoms with Crippen LogP contribution in [0.1, 0.15) is 24.1 Å². The molecule has 2 aromatic carbocycles. The van der Waals surface area contributed by atoms with E-state index in [0.717, 1.165) is 12.1 Å². The van der Waals surface area contributed by atoms with Gasteiger partial charge in [-0.15, -0.1) is 11.8 Å². The van der Waals surface area contributed by atoms with E-state index < -0.39 is 0 Å². The molecule has 0 spiro atoms. The van der Waals surface area contributed by atoms with Gasteiger partial charge in [0.05, 0.1) is 12.6 Å². The SMILES string of the molecule is CSc1ccc(CN(C)CC(=O)NC(C)c2cccc(Cl)c2)cc1. The van der Waals surface area contributed by atoms with Gasteiger partial charge in [-0.05, 0) is 55.6 Å². The van der Waals surface area contributed by atoms with Crippen molar-refractivity contribution in [3.63, 3.8) is 0 Å². The lowest BCUT2D eigenvalue weighted by molar-refractivity contribution is -0.122. The number of carbonyl (C=O) groups excluding carboxylic acids is 1. The summed E-state index contributed by atoms with van der Waals surface area (Å²) in [5, 5.41) is 3.70. The number of benzene rings is 2. The van der Waals surface area contributed by atoms with Crippen LogP contribution in [0, 0.1) is 0 Å². The Morgan fingerprint density at radius 1 is 1.25 bits per heavy atom. The molecule has 1 atom stereocenters. The Morgan fingerprint density at radius 2 is 1.96 bits per heavy atom. The molecule has 128 valence electrons. The first-order valence-corrected chi connectivity index (χ1v) is 9.44. The van der Waals surface area contributed by atoms with Crippen molar-refractivity contribution < 1.29 is 4.79 Å². The summed E-state index contributed by atoms with van der Waals surface area (Å²) in [7, 11) is 1.95. The fourth-order valence-corrected chi connectivity index (χ4v) is 3.10. The van der Waals surface area contributed by atoms with Gasteiger partial charge in [-0.25, -0.2) is 0 Å². The van der Waals surface area contributed by atoms with Gasteiger partial charge in [0.15, 0.2) is 0 Å². The number of amides is 1. The van der Waals surface area contributed by atoms with Crippen molar-refractivity contribution >= 4 is 29.3 Å². The third kappa shape index (κ3) is 5.86. The molecule has 1 N–H and O–H groups in total. The van der Waals surface area contributed by atoms with E-state index in [0.29, 0.717) is 11.6 Å². The van der Waals surface area contributed by atoms with Gasteiger partial charge in [0, 0.05) is 16.5 Å². The Labute approximate surface area is 153 Å². The number of nitrogens with zero attached hydrogens (tertiary/aromatic N) is 1. The second kappa shape index (κ2) is 9.11. The predicted octanol–water partition coefficient (Wildman–Crippen LogP) is 4.37. The molecule has 24 heavy (non-hydrogen) atoms. The second-order valence-electron chi connectivity index (χ2n) is 5.86. The number of halogens is 1. The fourth-order valence-electron chi connectivity index (χ4n) is 2.49. The Hall–Kier alpha value is -1.49. The number of thioether (sulfide) groups is 1. The van der Waals surface area contributed by atoms with Crippen LogP contribution in [0.25, 0.3) is 0 Å². The van der Waals surface area contributed by atoms with E-state index in [-0.39, 0.29) is 11.9 Å². The third-order valence-electron chi connectivity index (χ3n) is 3.75. The Bertz CT molecular complexity index is 675. The van der Waals surface area contributed by atoms with Crippen LogP contribution in [0.4, 0.5) is 0 Å². The summed E-state index contributed by atoms with van der Waals surface area (Å²) in [4.78, 5) is 15.5. The van der Waals surface area contributed by atoms with Crippen molar-refractivity contribution in [2.75, 3.05) is 19.8 Å². The zero-order valence-electron chi connectivity index (χ0n) is 14.3. The molecule has 0 bridgehead atoms. The van der Waals surface area contributed by atoms with Gasteiger partial charge in [-0.2, -0.15) is 0 Å². The predicted molar refractivity (Wildman–Crippen MR) is 103 cm³/mol. The topological polar surface area (TPSA) is 32.3 Å². The number of carbonyl (C=O) groups is 1. The highest BCUT2D eigenvalue weighted by Crippen LogP contribution is 2.17. The highest BCUT2D eigenvalue weighted by molar-refractivity contribution is 7.98. The maximum absolute atomic E-state index is 12.2. The zero-order valence-corrected chi connectivity index (χ0v) is 15.8. The maximum Gasteiger partial charge on any atom is 0.234 e. The minimum absolute atomic E-state index is 0.00529. The summed E-state index contributed by atoms with van der Waals surface area (Å²) in [5.41, 5.74) is 2.21. The van der Waals surface area contributed by atoms with Crippen molar-refractivity contribution in [2.24, 2.45) is 0 Å². The van der Waals surface area contributed by atoms with Gasteiger partial charge < -0.3 is 5.32 Å². The van der Waals surface area contributed by atoms with Gasteiger partial charge >= 0.3 is 0 Å². The van der Waals surface area contributed by atoms with Crippen LogP contribution in [-0.4, -0.2) is 30.7 Å². The highest BCUT2D eigenvalue weighted by Gasteiger charge is 2.12. The quantitative estimate of drug-likeness (QED) is 0.742. The van der Waals surface area contributed by atoms with Crippen molar-refractivity contribution in [3.05, 3.63) is 64.7 Å². The number of nitrogens with one attached hydrogen (secondary N) is 1. The summed E-state index contributed by atoms with van der Waals surface area (Å²) in [5.74, 6) is 0.00529. The molecule has 5 heteroatoms. The molecule has 0 saturated carbocycles. The fraction of sp³-hybridized carbons (Fsp3) is 0.316. The van der Waals surface area contributed by atoms with Crippen LogP contribution < -0.4 is 5.32 Å². The molecule has 1 unspecified atom stereocenters. The summed E-state index contributed by atoms with van der Waals surface area (Å²) in [6, 6.07) is 15.9. The molecule has 0 fully saturated rings. The van der Waals surface area contributed by atoms with E-state index in [2.05, 4.69) is 35.8 Å². The van der Waals surface area contributed by atoms with Crippen LogP contribution in [-0.2, 0) is 11.3 Å². The summed E-state index contributed by atoms with van der Waals surface area (Å²) in [6.45, 7) is 3.06. The van der Waals surface area contributed by atoms with E-state index in [4.69, 9.17) is 11.6 Å². The van der Waals surface area contributed by atoms with Crippen molar-refractivity contribution in [1.82, 2.24) is 10.2 Å². The lowest BCUT2D eigenvalue weighted by Gasteiger charge is -2.19. The Morgan fingerprint density at radius 3 is 2.58 bits per heavy atom. The molecule has 2 aromatic rings. The van der Waals surface area contributed by atoms with E-state index >= 15 is 0 Å². The van der Waals surface area contributed by atoms with Gasteiger partial charge in [0.25, 0.3) is 0 Å². The van der Waals surface area contributed by atoms with Crippen LogP contribution in [0.2, 0.25) is 5.02 Å². The Kier molecular flexibility index (Phi) is 7.16. The van der Waals surface area contributed by atoms with E-state index in [1.165, 1.54) is 10.5 Å². The summed E-state index contributed by atoms with van der Waals surface area (Å²) < 4.78 is 0. The van der Waals surface area contributed by atoms with E-state index in [9.17, 15) is 4.79 Å². The van der Waals surface area contributed by atoms with Crippen molar-refractivity contribution in [2.45, 2.75) is 24.4 Å². The second-order valence-corrected chi connectivity index (χ2v) is 7.18. The Balaban J connectivity index is 1.84. The first kappa shape index (κ1) is 18.8. The maximum atomic E-state index is 12.2. The van der Waals surface area contributed by atoms with Crippen LogP contribution in [0.5, 0.6) is 0 Å². The first-order chi connectivity index (χ1) is 11.5. The van der Waals surface area contributed by atoms with Crippen molar-refractivity contribution in [1.29, 1.82) is 0 Å². The minimum atomic E-state index is -0.0644. The van der Waals surface area contributed by atoms with Crippen LogP contribution >= 0.6 is 23.4 Å². The average Bonchev–Trinajstić information content (AvgIpc) is 2.55. The lowest BCUT2D eigenvalue weighted by Crippen LogP contribution is -2.36. The number of hydrogen-bond donors (Lipinski definition) is 1. The number of rotatable bonds is 7. The highest BCUT2D eigenvalue weighted by atomic mass is 35.5. The molecule has 3 nitrogen and oxygen atoms in total. The number of likely N-dealkylation sites (N-methyl/N-ethyl adjacent to an activating group) is 1. The van der Waals surface area contributed by atoms with Gasteiger partial charge in [-0.1, -0.05) is 35.9 Å². The van der Waals surface area contributed by atoms with E-state index in [1.807, 2.05) is 43.1 Å². The molecule has 2 rings (SSSR count). The normalized spacial score (nSPS) is 12.2. The standard InChI is InChI=1S/C19H23ClN2OS/c1-14(16-5-4-6-17(20)11-16)21-19(23)13-22(2)12-15-7-9-18(24-3)10-8-15/h4-11,14H,12-13H2,1-3H3,(H,21,23). The summed E-state index contributed by atoms with van der Waals surface area (Å²) in [6.07, 6.45) is 2.06.